The molecule has 0 unspecified atom stereocenters. The molecule has 1 amide bonds. The van der Waals surface area contributed by atoms with Crippen LogP contribution < -0.4 is 10.1 Å². The van der Waals surface area contributed by atoms with Crippen LogP contribution in [0, 0.1) is 0 Å². The molecule has 6 heteroatoms. The molecule has 0 spiro atoms. The number of halogens is 1. The number of hydrogen-bond acceptors (Lipinski definition) is 3. The zero-order valence-corrected chi connectivity index (χ0v) is 14.7. The predicted octanol–water partition coefficient (Wildman–Crippen LogP) is 3.97. The highest BCUT2D eigenvalue weighted by Crippen LogP contribution is 2.24. The summed E-state index contributed by atoms with van der Waals surface area (Å²) in [6, 6.07) is 15.2. The number of hydrogen-bond donors (Lipinski definition) is 1. The Kier molecular flexibility index (Phi) is 5.56. The zero-order chi connectivity index (χ0) is 17.6. The van der Waals surface area contributed by atoms with E-state index in [0.29, 0.717) is 23.8 Å². The molecule has 0 radical (unpaired) electrons. The second-order valence-electron chi connectivity index (χ2n) is 5.75. The van der Waals surface area contributed by atoms with Crippen molar-refractivity contribution in [3.8, 4) is 5.75 Å². The lowest BCUT2D eigenvalue weighted by atomic mass is 10.3. The molecule has 130 valence electrons. The standard InChI is InChI=1S/C19H20ClN3O2/c1-14(21-13-24)19-22-16-8-3-4-9-17(16)23(19)11-6-12-25-18-10-5-2-7-15(18)20/h2-5,7-10,13-14H,6,11-12H2,1H3,(H,21,24)/t14-/m1/s1. The maximum atomic E-state index is 10.8. The van der Waals surface area contributed by atoms with E-state index in [1.54, 1.807) is 0 Å². The Hall–Kier alpha value is -2.53. The normalized spacial score (nSPS) is 12.1. The Bertz CT molecular complexity index is 863. The molecular formula is C19H20ClN3O2. The van der Waals surface area contributed by atoms with Crippen LogP contribution in [-0.4, -0.2) is 22.6 Å². The second-order valence-corrected chi connectivity index (χ2v) is 6.16. The fourth-order valence-corrected chi connectivity index (χ4v) is 2.99. The van der Waals surface area contributed by atoms with Crippen LogP contribution in [0.15, 0.2) is 48.5 Å². The molecule has 3 rings (SSSR count). The largest absolute Gasteiger partial charge is 0.492 e. The van der Waals surface area contributed by atoms with Gasteiger partial charge in [0, 0.05) is 6.54 Å². The van der Waals surface area contributed by atoms with E-state index in [9.17, 15) is 4.79 Å². The van der Waals surface area contributed by atoms with Gasteiger partial charge in [-0.1, -0.05) is 35.9 Å². The Balaban J connectivity index is 1.72. The van der Waals surface area contributed by atoms with Crippen LogP contribution in [0.2, 0.25) is 5.02 Å². The van der Waals surface area contributed by atoms with Gasteiger partial charge in [-0.3, -0.25) is 4.79 Å². The number of aryl methyl sites for hydroxylation is 1. The average molecular weight is 358 g/mol. The first-order valence-corrected chi connectivity index (χ1v) is 8.60. The molecule has 0 saturated heterocycles. The van der Waals surface area contributed by atoms with Crippen molar-refractivity contribution in [3.05, 3.63) is 59.4 Å². The van der Waals surface area contributed by atoms with Crippen molar-refractivity contribution in [1.82, 2.24) is 14.9 Å². The minimum Gasteiger partial charge on any atom is -0.492 e. The fraction of sp³-hybridized carbons (Fsp3) is 0.263. The third-order valence-corrected chi connectivity index (χ3v) is 4.32. The molecule has 2 aromatic carbocycles. The summed E-state index contributed by atoms with van der Waals surface area (Å²) in [7, 11) is 0. The van der Waals surface area contributed by atoms with Gasteiger partial charge in [-0.25, -0.2) is 4.98 Å². The first-order chi connectivity index (χ1) is 12.2. The van der Waals surface area contributed by atoms with Crippen LogP contribution in [0.3, 0.4) is 0 Å². The summed E-state index contributed by atoms with van der Waals surface area (Å²) in [5.41, 5.74) is 1.97. The van der Waals surface area contributed by atoms with Gasteiger partial charge in [0.05, 0.1) is 28.7 Å². The maximum Gasteiger partial charge on any atom is 0.207 e. The first-order valence-electron chi connectivity index (χ1n) is 8.23. The van der Waals surface area contributed by atoms with Crippen molar-refractivity contribution in [1.29, 1.82) is 0 Å². The van der Waals surface area contributed by atoms with Crippen LogP contribution >= 0.6 is 11.6 Å². The van der Waals surface area contributed by atoms with Gasteiger partial charge >= 0.3 is 0 Å². The molecule has 0 saturated carbocycles. The van der Waals surface area contributed by atoms with Gasteiger partial charge in [0.25, 0.3) is 0 Å². The third-order valence-electron chi connectivity index (χ3n) is 4.01. The zero-order valence-electron chi connectivity index (χ0n) is 14.0. The van der Waals surface area contributed by atoms with Crippen LogP contribution in [0.4, 0.5) is 0 Å². The third kappa shape index (κ3) is 3.94. The fourth-order valence-electron chi connectivity index (χ4n) is 2.80. The number of carbonyl (C=O) groups excluding carboxylic acids is 1. The summed E-state index contributed by atoms with van der Waals surface area (Å²) >= 11 is 6.10. The van der Waals surface area contributed by atoms with E-state index in [-0.39, 0.29) is 6.04 Å². The SMILES string of the molecule is C[C@@H](NC=O)c1nc2ccccc2n1CCCOc1ccccc1Cl. The van der Waals surface area contributed by atoms with Crippen molar-refractivity contribution in [2.75, 3.05) is 6.61 Å². The molecule has 5 nitrogen and oxygen atoms in total. The smallest absolute Gasteiger partial charge is 0.207 e. The highest BCUT2D eigenvalue weighted by Gasteiger charge is 2.15. The number of imidazole rings is 1. The van der Waals surface area contributed by atoms with Crippen LogP contribution in [0.25, 0.3) is 11.0 Å². The number of carbonyl (C=O) groups is 1. The Morgan fingerprint density at radius 2 is 2.00 bits per heavy atom. The van der Waals surface area contributed by atoms with Crippen molar-refractivity contribution in [2.24, 2.45) is 0 Å². The van der Waals surface area contributed by atoms with Crippen molar-refractivity contribution >= 4 is 29.0 Å². The average Bonchev–Trinajstić information content (AvgIpc) is 2.99. The molecule has 0 fully saturated rings. The number of fused-ring (bicyclic) bond motifs is 1. The van der Waals surface area contributed by atoms with E-state index in [0.717, 1.165) is 29.8 Å². The van der Waals surface area contributed by atoms with E-state index in [4.69, 9.17) is 16.3 Å². The van der Waals surface area contributed by atoms with Crippen molar-refractivity contribution in [3.63, 3.8) is 0 Å². The Morgan fingerprint density at radius 3 is 2.80 bits per heavy atom. The number of nitrogens with zero attached hydrogens (tertiary/aromatic N) is 2. The number of benzene rings is 2. The quantitative estimate of drug-likeness (QED) is 0.490. The highest BCUT2D eigenvalue weighted by molar-refractivity contribution is 6.32. The number of ether oxygens (including phenoxy) is 1. The van der Waals surface area contributed by atoms with Gasteiger partial charge < -0.3 is 14.6 Å². The van der Waals surface area contributed by atoms with E-state index in [1.165, 1.54) is 0 Å². The Morgan fingerprint density at radius 1 is 1.24 bits per heavy atom. The minimum absolute atomic E-state index is 0.158. The van der Waals surface area contributed by atoms with Gasteiger partial charge in [-0.05, 0) is 37.6 Å². The van der Waals surface area contributed by atoms with Crippen LogP contribution in [0.1, 0.15) is 25.2 Å². The second kappa shape index (κ2) is 8.03. The van der Waals surface area contributed by atoms with Crippen molar-refractivity contribution < 1.29 is 9.53 Å². The molecule has 0 aliphatic carbocycles. The summed E-state index contributed by atoms with van der Waals surface area (Å²) < 4.78 is 7.89. The number of para-hydroxylation sites is 3. The van der Waals surface area contributed by atoms with E-state index >= 15 is 0 Å². The monoisotopic (exact) mass is 357 g/mol. The lowest BCUT2D eigenvalue weighted by molar-refractivity contribution is -0.110. The van der Waals surface area contributed by atoms with Crippen LogP contribution in [0.5, 0.6) is 5.75 Å². The molecule has 0 aliphatic heterocycles. The van der Waals surface area contributed by atoms with E-state index in [1.807, 2.05) is 55.5 Å². The predicted molar refractivity (Wildman–Crippen MR) is 98.9 cm³/mol. The molecule has 25 heavy (non-hydrogen) atoms. The van der Waals surface area contributed by atoms with Crippen molar-refractivity contribution in [2.45, 2.75) is 25.9 Å². The molecule has 1 aromatic heterocycles. The van der Waals surface area contributed by atoms with Gasteiger partial charge in [-0.2, -0.15) is 0 Å². The van der Waals surface area contributed by atoms with Gasteiger partial charge in [0.15, 0.2) is 0 Å². The summed E-state index contributed by atoms with van der Waals surface area (Å²) in [5, 5.41) is 3.39. The number of aromatic nitrogens is 2. The highest BCUT2D eigenvalue weighted by atomic mass is 35.5. The summed E-state index contributed by atoms with van der Waals surface area (Å²) in [6.45, 7) is 3.21. The van der Waals surface area contributed by atoms with E-state index < -0.39 is 0 Å². The maximum absolute atomic E-state index is 10.8. The van der Waals surface area contributed by atoms with Gasteiger partial charge in [0.1, 0.15) is 11.6 Å². The molecule has 1 N–H and O–H groups in total. The topological polar surface area (TPSA) is 56.2 Å². The number of nitrogens with one attached hydrogen (secondary N) is 1. The number of amides is 1. The van der Waals surface area contributed by atoms with Crippen LogP contribution in [-0.2, 0) is 11.3 Å². The van der Waals surface area contributed by atoms with Gasteiger partial charge in [-0.15, -0.1) is 0 Å². The summed E-state index contributed by atoms with van der Waals surface area (Å²) in [5.74, 6) is 1.53. The van der Waals surface area contributed by atoms with Gasteiger partial charge in [0.2, 0.25) is 6.41 Å². The molecule has 1 heterocycles. The first kappa shape index (κ1) is 17.3. The minimum atomic E-state index is -0.158. The Labute approximate surface area is 151 Å². The molecule has 1 atom stereocenters. The molecule has 3 aromatic rings. The lowest BCUT2D eigenvalue weighted by Crippen LogP contribution is -2.21. The summed E-state index contributed by atoms with van der Waals surface area (Å²) in [6.07, 6.45) is 1.50. The lowest BCUT2D eigenvalue weighted by Gasteiger charge is -2.14. The molecule has 0 bridgehead atoms. The summed E-state index contributed by atoms with van der Waals surface area (Å²) in [4.78, 5) is 15.4. The van der Waals surface area contributed by atoms with E-state index in [2.05, 4.69) is 14.9 Å². The molecule has 0 aliphatic rings. The molecular weight excluding hydrogens is 338 g/mol. The number of rotatable bonds is 8.